The van der Waals surface area contributed by atoms with Gasteiger partial charge in [0.05, 0.1) is 19.3 Å². The lowest BCUT2D eigenvalue weighted by Crippen LogP contribution is -2.14. The Kier molecular flexibility index (Phi) is 2.37. The lowest BCUT2D eigenvalue weighted by atomic mass is 10.1. The van der Waals surface area contributed by atoms with Crippen LogP contribution in [0.15, 0.2) is 17.3 Å². The molecule has 3 N–H and O–H groups in total. The van der Waals surface area contributed by atoms with Crippen LogP contribution in [0.2, 0.25) is 0 Å². The number of nitrogens with two attached hydrogens (primary N) is 1. The maximum absolute atomic E-state index is 8.62. The summed E-state index contributed by atoms with van der Waals surface area (Å²) in [5, 5.41) is 11.6. The smallest absolute Gasteiger partial charge is 0.173 e. The van der Waals surface area contributed by atoms with Crippen LogP contribution in [0.4, 0.5) is 0 Å². The molecule has 0 saturated heterocycles. The fourth-order valence-corrected chi connectivity index (χ4v) is 1.68. The molecule has 15 heavy (non-hydrogen) atoms. The molecule has 0 fully saturated rings. The maximum Gasteiger partial charge on any atom is 0.173 e. The molecule has 1 aromatic rings. The normalized spacial score (nSPS) is 14.6. The van der Waals surface area contributed by atoms with Crippen molar-refractivity contribution in [3.8, 4) is 11.5 Å². The van der Waals surface area contributed by atoms with Gasteiger partial charge in [-0.1, -0.05) is 11.2 Å². The van der Waals surface area contributed by atoms with Crippen LogP contribution in [0.25, 0.3) is 0 Å². The fraction of sp³-hybridized carbons (Fsp3) is 0.300. The summed E-state index contributed by atoms with van der Waals surface area (Å²) >= 11 is 0. The third-order valence-corrected chi connectivity index (χ3v) is 2.40. The second kappa shape index (κ2) is 3.68. The highest BCUT2D eigenvalue weighted by atomic mass is 16.5. The van der Waals surface area contributed by atoms with Gasteiger partial charge in [-0.25, -0.2) is 0 Å². The predicted molar refractivity (Wildman–Crippen MR) is 54.7 cm³/mol. The van der Waals surface area contributed by atoms with Gasteiger partial charge in [-0.2, -0.15) is 0 Å². The van der Waals surface area contributed by atoms with Crippen molar-refractivity contribution in [3.63, 3.8) is 0 Å². The third-order valence-electron chi connectivity index (χ3n) is 2.40. The lowest BCUT2D eigenvalue weighted by Gasteiger charge is -2.11. The van der Waals surface area contributed by atoms with Crippen LogP contribution in [-0.4, -0.2) is 24.8 Å². The number of hydrogen-bond acceptors (Lipinski definition) is 4. The number of oxime groups is 1. The largest absolute Gasteiger partial charge is 0.492 e. The Morgan fingerprint density at radius 1 is 1.60 bits per heavy atom. The highest BCUT2D eigenvalue weighted by molar-refractivity contribution is 6.00. The summed E-state index contributed by atoms with van der Waals surface area (Å²) in [4.78, 5) is 0. The minimum absolute atomic E-state index is 0.0187. The van der Waals surface area contributed by atoms with E-state index in [0.717, 1.165) is 12.0 Å². The third kappa shape index (κ3) is 1.45. The van der Waals surface area contributed by atoms with E-state index in [1.165, 1.54) is 7.11 Å². The first-order valence-electron chi connectivity index (χ1n) is 4.58. The molecule has 5 nitrogen and oxygen atoms in total. The average Bonchev–Trinajstić information content (AvgIpc) is 2.74. The number of benzene rings is 1. The summed E-state index contributed by atoms with van der Waals surface area (Å²) < 4.78 is 10.7. The number of hydrogen-bond donors (Lipinski definition) is 2. The lowest BCUT2D eigenvalue weighted by molar-refractivity contribution is 0.316. The molecule has 5 heteroatoms. The highest BCUT2D eigenvalue weighted by Crippen LogP contribution is 2.38. The van der Waals surface area contributed by atoms with Gasteiger partial charge in [-0.05, 0) is 6.07 Å². The number of methoxy groups -OCH3 is 1. The van der Waals surface area contributed by atoms with Gasteiger partial charge < -0.3 is 20.4 Å². The number of amidine groups is 1. The minimum atomic E-state index is 0.0187. The Morgan fingerprint density at radius 3 is 3.07 bits per heavy atom. The van der Waals surface area contributed by atoms with E-state index >= 15 is 0 Å². The van der Waals surface area contributed by atoms with Gasteiger partial charge in [-0.15, -0.1) is 0 Å². The number of nitrogens with zero attached hydrogens (tertiary/aromatic N) is 1. The monoisotopic (exact) mass is 208 g/mol. The Hall–Kier alpha value is -1.91. The van der Waals surface area contributed by atoms with E-state index in [0.29, 0.717) is 23.7 Å². The summed E-state index contributed by atoms with van der Waals surface area (Å²) in [6.45, 7) is 0.644. The van der Waals surface area contributed by atoms with Crippen molar-refractivity contribution < 1.29 is 14.7 Å². The van der Waals surface area contributed by atoms with Crippen molar-refractivity contribution in [3.05, 3.63) is 23.3 Å². The van der Waals surface area contributed by atoms with Gasteiger partial charge in [0.1, 0.15) is 0 Å². The molecule has 0 radical (unpaired) electrons. The number of fused-ring (bicyclic) bond motifs is 1. The van der Waals surface area contributed by atoms with Crippen molar-refractivity contribution in [2.75, 3.05) is 13.7 Å². The van der Waals surface area contributed by atoms with Crippen molar-refractivity contribution in [1.82, 2.24) is 0 Å². The second-order valence-electron chi connectivity index (χ2n) is 3.22. The molecule has 1 aliphatic heterocycles. The van der Waals surface area contributed by atoms with E-state index in [-0.39, 0.29) is 5.84 Å². The molecular formula is C10H12N2O3. The molecular weight excluding hydrogens is 196 g/mol. The second-order valence-corrected chi connectivity index (χ2v) is 3.22. The van der Waals surface area contributed by atoms with Crippen LogP contribution < -0.4 is 15.2 Å². The first-order chi connectivity index (χ1) is 7.27. The van der Waals surface area contributed by atoms with Crippen molar-refractivity contribution in [1.29, 1.82) is 0 Å². The van der Waals surface area contributed by atoms with Crippen molar-refractivity contribution in [2.24, 2.45) is 10.9 Å². The van der Waals surface area contributed by atoms with Crippen molar-refractivity contribution in [2.45, 2.75) is 6.42 Å². The van der Waals surface area contributed by atoms with Crippen LogP contribution in [0.5, 0.6) is 11.5 Å². The molecule has 1 heterocycles. The van der Waals surface area contributed by atoms with E-state index in [2.05, 4.69) is 5.16 Å². The summed E-state index contributed by atoms with van der Waals surface area (Å²) in [6.07, 6.45) is 0.863. The zero-order valence-corrected chi connectivity index (χ0v) is 8.36. The van der Waals surface area contributed by atoms with Crippen LogP contribution in [0, 0.1) is 0 Å². The van der Waals surface area contributed by atoms with E-state index in [1.807, 2.05) is 6.07 Å². The van der Waals surface area contributed by atoms with Crippen LogP contribution in [0.1, 0.15) is 11.1 Å². The molecule has 0 aromatic heterocycles. The summed E-state index contributed by atoms with van der Waals surface area (Å²) in [7, 11) is 1.53. The molecule has 0 amide bonds. The molecule has 1 aromatic carbocycles. The van der Waals surface area contributed by atoms with E-state index in [1.54, 1.807) is 6.07 Å². The quantitative estimate of drug-likeness (QED) is 0.325. The Bertz CT molecular complexity index is 415. The molecule has 2 rings (SSSR count). The molecule has 0 atom stereocenters. The average molecular weight is 208 g/mol. The Balaban J connectivity index is 2.58. The molecule has 0 spiro atoms. The predicted octanol–water partition coefficient (Wildman–Crippen LogP) is 0.725. The molecule has 80 valence electrons. The van der Waals surface area contributed by atoms with Gasteiger partial charge in [0.2, 0.25) is 0 Å². The maximum atomic E-state index is 8.62. The first-order valence-corrected chi connectivity index (χ1v) is 4.58. The highest BCUT2D eigenvalue weighted by Gasteiger charge is 2.21. The van der Waals surface area contributed by atoms with Gasteiger partial charge in [0.15, 0.2) is 17.3 Å². The van der Waals surface area contributed by atoms with E-state index in [9.17, 15) is 0 Å². The first kappa shape index (κ1) is 9.64. The zero-order valence-electron chi connectivity index (χ0n) is 8.36. The SMILES string of the molecule is COc1c(/C(N)=N\O)ccc2c1OCC2. The Labute approximate surface area is 87.1 Å². The number of rotatable bonds is 2. The topological polar surface area (TPSA) is 77.1 Å². The zero-order chi connectivity index (χ0) is 10.8. The summed E-state index contributed by atoms with van der Waals surface area (Å²) in [5.41, 5.74) is 7.16. The van der Waals surface area contributed by atoms with Crippen molar-refractivity contribution >= 4 is 5.84 Å². The molecule has 0 bridgehead atoms. The van der Waals surface area contributed by atoms with Crippen LogP contribution >= 0.6 is 0 Å². The fourth-order valence-electron chi connectivity index (χ4n) is 1.68. The van der Waals surface area contributed by atoms with E-state index in [4.69, 9.17) is 20.4 Å². The van der Waals surface area contributed by atoms with Gasteiger partial charge >= 0.3 is 0 Å². The van der Waals surface area contributed by atoms with Crippen LogP contribution in [-0.2, 0) is 6.42 Å². The van der Waals surface area contributed by atoms with Gasteiger partial charge in [0, 0.05) is 12.0 Å². The number of ether oxygens (including phenoxy) is 2. The summed E-state index contributed by atoms with van der Waals surface area (Å²) in [6, 6.07) is 3.67. The van der Waals surface area contributed by atoms with E-state index < -0.39 is 0 Å². The molecule has 1 aliphatic rings. The van der Waals surface area contributed by atoms with Gasteiger partial charge in [-0.3, -0.25) is 0 Å². The minimum Gasteiger partial charge on any atom is -0.492 e. The van der Waals surface area contributed by atoms with Gasteiger partial charge in [0.25, 0.3) is 0 Å². The molecule has 0 saturated carbocycles. The molecule has 0 unspecified atom stereocenters. The molecule has 0 aliphatic carbocycles. The standard InChI is InChI=1S/C10H12N2O3/c1-14-9-7(10(11)12-13)3-2-6-4-5-15-8(6)9/h2-3,13H,4-5H2,1H3,(H2,11,12). The van der Waals surface area contributed by atoms with Crippen LogP contribution in [0.3, 0.4) is 0 Å². The Morgan fingerprint density at radius 2 is 2.40 bits per heavy atom. The summed E-state index contributed by atoms with van der Waals surface area (Å²) in [5.74, 6) is 1.24.